The highest BCUT2D eigenvalue weighted by atomic mass is 79.9. The summed E-state index contributed by atoms with van der Waals surface area (Å²) in [6.45, 7) is 0. The molecule has 0 heterocycles. The predicted molar refractivity (Wildman–Crippen MR) is 44.9 cm³/mol. The van der Waals surface area contributed by atoms with Crippen molar-refractivity contribution in [2.24, 2.45) is 0 Å². The lowest BCUT2D eigenvalue weighted by Gasteiger charge is -2.01. The molecule has 0 aliphatic rings. The van der Waals surface area contributed by atoms with Crippen molar-refractivity contribution in [3.63, 3.8) is 0 Å². The second-order valence-corrected chi connectivity index (χ2v) is 2.76. The first-order valence-electron chi connectivity index (χ1n) is 2.84. The van der Waals surface area contributed by atoms with Crippen molar-refractivity contribution in [1.29, 1.82) is 5.26 Å². The molecule has 0 radical (unpaired) electrons. The van der Waals surface area contributed by atoms with Crippen LogP contribution in [0.4, 0.5) is 5.69 Å². The van der Waals surface area contributed by atoms with Crippen LogP contribution in [-0.2, 0) is 0 Å². The number of nitriles is 1. The van der Waals surface area contributed by atoms with Crippen LogP contribution < -0.4 is 5.73 Å². The number of hydrogen-bond acceptors (Lipinski definition) is 3. The third-order valence-corrected chi connectivity index (χ3v) is 2.13. The minimum Gasteiger partial charge on any atom is -0.506 e. The number of aromatic hydroxyl groups is 1. The van der Waals surface area contributed by atoms with Gasteiger partial charge < -0.3 is 10.8 Å². The van der Waals surface area contributed by atoms with E-state index >= 15 is 0 Å². The summed E-state index contributed by atoms with van der Waals surface area (Å²) >= 11 is 3.08. The number of rotatable bonds is 0. The molecule has 11 heavy (non-hydrogen) atoms. The van der Waals surface area contributed by atoms with Crippen LogP contribution in [0.15, 0.2) is 16.6 Å². The fourth-order valence-electron chi connectivity index (χ4n) is 0.669. The van der Waals surface area contributed by atoms with Gasteiger partial charge in [0.2, 0.25) is 0 Å². The van der Waals surface area contributed by atoms with Crippen molar-refractivity contribution < 1.29 is 5.11 Å². The maximum Gasteiger partial charge on any atom is 0.139 e. The minimum atomic E-state index is -0.0177. The van der Waals surface area contributed by atoms with Crippen molar-refractivity contribution >= 4 is 21.6 Å². The molecule has 0 aromatic heterocycles. The molecule has 0 aliphatic carbocycles. The first kappa shape index (κ1) is 7.89. The van der Waals surface area contributed by atoms with E-state index in [2.05, 4.69) is 15.9 Å². The van der Waals surface area contributed by atoms with Crippen LogP contribution >= 0.6 is 15.9 Å². The lowest BCUT2D eigenvalue weighted by molar-refractivity contribution is 0.477. The maximum absolute atomic E-state index is 9.06. The van der Waals surface area contributed by atoms with Crippen LogP contribution in [0.5, 0.6) is 5.75 Å². The number of anilines is 1. The number of nitrogens with two attached hydrogens (primary N) is 1. The first-order valence-corrected chi connectivity index (χ1v) is 3.63. The fraction of sp³-hybridized carbons (Fsp3) is 0. The Balaban J connectivity index is 3.40. The van der Waals surface area contributed by atoms with Crippen LogP contribution in [0.1, 0.15) is 5.56 Å². The smallest absolute Gasteiger partial charge is 0.139 e. The number of phenols is 1. The third kappa shape index (κ3) is 1.28. The van der Waals surface area contributed by atoms with Gasteiger partial charge in [0.05, 0.1) is 15.7 Å². The number of nitrogens with zero attached hydrogens (tertiary/aromatic N) is 1. The Morgan fingerprint density at radius 3 is 2.73 bits per heavy atom. The summed E-state index contributed by atoms with van der Waals surface area (Å²) in [6, 6.07) is 4.81. The highest BCUT2D eigenvalue weighted by Crippen LogP contribution is 2.31. The van der Waals surface area contributed by atoms with Gasteiger partial charge in [-0.15, -0.1) is 0 Å². The SMILES string of the molecule is N#Cc1ccc(O)c(N)c1Br. The van der Waals surface area contributed by atoms with E-state index in [0.29, 0.717) is 10.0 Å². The zero-order valence-electron chi connectivity index (χ0n) is 5.50. The molecule has 56 valence electrons. The maximum atomic E-state index is 9.06. The summed E-state index contributed by atoms with van der Waals surface area (Å²) < 4.78 is 0.444. The number of phenolic OH excluding ortho intramolecular Hbond substituents is 1. The fourth-order valence-corrected chi connectivity index (χ4v) is 1.09. The molecule has 0 saturated carbocycles. The summed E-state index contributed by atoms with van der Waals surface area (Å²) in [5.41, 5.74) is 6.03. The average molecular weight is 213 g/mol. The van der Waals surface area contributed by atoms with Gasteiger partial charge in [-0.2, -0.15) is 5.26 Å². The Kier molecular flexibility index (Phi) is 2.01. The molecule has 0 saturated heterocycles. The molecule has 3 N–H and O–H groups in total. The molecular formula is C7H5BrN2O. The second kappa shape index (κ2) is 2.81. The monoisotopic (exact) mass is 212 g/mol. The summed E-state index contributed by atoms with van der Waals surface area (Å²) in [6.07, 6.45) is 0. The topological polar surface area (TPSA) is 70.0 Å². The van der Waals surface area contributed by atoms with E-state index in [-0.39, 0.29) is 11.4 Å². The predicted octanol–water partition coefficient (Wildman–Crippen LogP) is 1.61. The van der Waals surface area contributed by atoms with Crippen molar-refractivity contribution in [1.82, 2.24) is 0 Å². The van der Waals surface area contributed by atoms with Crippen LogP contribution in [0, 0.1) is 11.3 Å². The van der Waals surface area contributed by atoms with Gasteiger partial charge in [0, 0.05) is 0 Å². The van der Waals surface area contributed by atoms with E-state index in [4.69, 9.17) is 16.1 Å². The zero-order chi connectivity index (χ0) is 8.43. The summed E-state index contributed by atoms with van der Waals surface area (Å²) in [7, 11) is 0. The Bertz CT molecular complexity index is 330. The molecule has 0 amide bonds. The molecule has 0 fully saturated rings. The summed E-state index contributed by atoms with van der Waals surface area (Å²) in [5, 5.41) is 17.6. The lowest BCUT2D eigenvalue weighted by atomic mass is 10.2. The van der Waals surface area contributed by atoms with Gasteiger partial charge in [0.1, 0.15) is 11.8 Å². The molecule has 1 rings (SSSR count). The van der Waals surface area contributed by atoms with E-state index in [1.807, 2.05) is 6.07 Å². The standard InChI is InChI=1S/C7H5BrN2O/c8-6-4(3-9)1-2-5(11)7(6)10/h1-2,11H,10H2. The lowest BCUT2D eigenvalue weighted by Crippen LogP contribution is -1.89. The van der Waals surface area contributed by atoms with Crippen LogP contribution in [-0.4, -0.2) is 5.11 Å². The number of nitrogen functional groups attached to an aromatic ring is 1. The van der Waals surface area contributed by atoms with E-state index in [9.17, 15) is 0 Å². The Hall–Kier alpha value is -1.21. The van der Waals surface area contributed by atoms with Gasteiger partial charge in [0.25, 0.3) is 0 Å². The summed E-state index contributed by atoms with van der Waals surface area (Å²) in [5.74, 6) is -0.0177. The van der Waals surface area contributed by atoms with Gasteiger partial charge in [0.15, 0.2) is 0 Å². The number of halogens is 1. The summed E-state index contributed by atoms with van der Waals surface area (Å²) in [4.78, 5) is 0. The molecule has 0 spiro atoms. The van der Waals surface area contributed by atoms with E-state index in [1.54, 1.807) is 0 Å². The molecule has 0 aliphatic heterocycles. The van der Waals surface area contributed by atoms with Crippen molar-refractivity contribution in [3.8, 4) is 11.8 Å². The minimum absolute atomic E-state index is 0.0177. The van der Waals surface area contributed by atoms with Gasteiger partial charge in [-0.25, -0.2) is 0 Å². The van der Waals surface area contributed by atoms with Crippen molar-refractivity contribution in [3.05, 3.63) is 22.2 Å². The van der Waals surface area contributed by atoms with E-state index in [0.717, 1.165) is 0 Å². The molecule has 1 aromatic carbocycles. The largest absolute Gasteiger partial charge is 0.506 e. The van der Waals surface area contributed by atoms with Gasteiger partial charge in [-0.1, -0.05) is 0 Å². The molecule has 3 nitrogen and oxygen atoms in total. The molecular weight excluding hydrogens is 208 g/mol. The quantitative estimate of drug-likeness (QED) is 0.508. The van der Waals surface area contributed by atoms with Crippen molar-refractivity contribution in [2.75, 3.05) is 5.73 Å². The normalized spacial score (nSPS) is 9.09. The van der Waals surface area contributed by atoms with Crippen LogP contribution in [0.2, 0.25) is 0 Å². The van der Waals surface area contributed by atoms with Crippen molar-refractivity contribution in [2.45, 2.75) is 0 Å². The van der Waals surface area contributed by atoms with Gasteiger partial charge >= 0.3 is 0 Å². The average Bonchev–Trinajstić information content (AvgIpc) is 2.01. The Morgan fingerprint density at radius 2 is 2.18 bits per heavy atom. The highest BCUT2D eigenvalue weighted by Gasteiger charge is 2.05. The molecule has 4 heteroatoms. The van der Waals surface area contributed by atoms with Gasteiger partial charge in [-0.05, 0) is 28.1 Å². The Morgan fingerprint density at radius 1 is 1.55 bits per heavy atom. The number of benzene rings is 1. The number of hydrogen-bond donors (Lipinski definition) is 2. The van der Waals surface area contributed by atoms with Crippen LogP contribution in [0.25, 0.3) is 0 Å². The zero-order valence-corrected chi connectivity index (χ0v) is 7.09. The highest BCUT2D eigenvalue weighted by molar-refractivity contribution is 9.10. The van der Waals surface area contributed by atoms with Gasteiger partial charge in [-0.3, -0.25) is 0 Å². The van der Waals surface area contributed by atoms with E-state index in [1.165, 1.54) is 12.1 Å². The molecule has 0 bridgehead atoms. The third-order valence-electron chi connectivity index (χ3n) is 1.28. The molecule has 0 atom stereocenters. The molecule has 1 aromatic rings. The van der Waals surface area contributed by atoms with E-state index < -0.39 is 0 Å². The second-order valence-electron chi connectivity index (χ2n) is 1.97. The van der Waals surface area contributed by atoms with Crippen LogP contribution in [0.3, 0.4) is 0 Å². The Labute approximate surface area is 72.2 Å². The molecule has 0 unspecified atom stereocenters. The first-order chi connectivity index (χ1) is 5.16.